The Morgan fingerprint density at radius 3 is 2.52 bits per heavy atom. The summed E-state index contributed by atoms with van der Waals surface area (Å²) in [6.45, 7) is 1.88. The zero-order chi connectivity index (χ0) is 17.0. The summed E-state index contributed by atoms with van der Waals surface area (Å²) in [5.41, 5.74) is 0.559. The van der Waals surface area contributed by atoms with Crippen molar-refractivity contribution in [2.45, 2.75) is 18.2 Å². The molecule has 0 radical (unpaired) electrons. The van der Waals surface area contributed by atoms with Crippen LogP contribution in [0.15, 0.2) is 33.6 Å². The number of Topliss-reactive ketones (excluding diaryl/α,β-unsaturated/α-hetero) is 2. The molecular weight excluding hydrogens is 359 g/mol. The molecule has 23 heavy (non-hydrogen) atoms. The largest absolute Gasteiger partial charge is 0.394 e. The molecule has 0 saturated heterocycles. The van der Waals surface area contributed by atoms with Crippen LogP contribution in [-0.4, -0.2) is 36.5 Å². The highest BCUT2D eigenvalue weighted by atomic mass is 35.5. The lowest BCUT2D eigenvalue weighted by atomic mass is 9.89. The number of ether oxygens (including phenoxy) is 1. The van der Waals surface area contributed by atoms with Crippen LogP contribution < -0.4 is 0 Å². The smallest absolute Gasteiger partial charge is 0.166 e. The quantitative estimate of drug-likeness (QED) is 0.609. The zero-order valence-electron chi connectivity index (χ0n) is 12.5. The molecule has 0 fully saturated rings. The monoisotopic (exact) mass is 374 g/mol. The maximum atomic E-state index is 12.2. The van der Waals surface area contributed by atoms with Crippen molar-refractivity contribution >= 4 is 46.5 Å². The second-order valence-corrected chi connectivity index (χ2v) is 7.10. The summed E-state index contributed by atoms with van der Waals surface area (Å²) in [7, 11) is 0. The molecule has 7 heteroatoms. The Hall–Kier alpha value is -0.850. The molecule has 1 N–H and O–H groups in total. The van der Waals surface area contributed by atoms with Crippen LogP contribution in [-0.2, 0) is 14.3 Å². The Labute approximate surface area is 148 Å². The van der Waals surface area contributed by atoms with Crippen molar-refractivity contribution in [1.82, 2.24) is 0 Å². The van der Waals surface area contributed by atoms with Crippen LogP contribution in [0.1, 0.15) is 13.3 Å². The molecule has 0 heterocycles. The van der Waals surface area contributed by atoms with E-state index in [0.717, 1.165) is 4.90 Å². The maximum absolute atomic E-state index is 12.2. The molecule has 1 aliphatic rings. The third kappa shape index (κ3) is 4.81. The van der Waals surface area contributed by atoms with Crippen LogP contribution in [0.5, 0.6) is 0 Å². The average molecular weight is 375 g/mol. The van der Waals surface area contributed by atoms with Gasteiger partial charge in [0, 0.05) is 25.4 Å². The van der Waals surface area contributed by atoms with Gasteiger partial charge in [0.25, 0.3) is 0 Å². The van der Waals surface area contributed by atoms with Crippen LogP contribution in [0.2, 0.25) is 10.0 Å². The Bertz CT molecular complexity index is 637. The van der Waals surface area contributed by atoms with Crippen LogP contribution >= 0.6 is 35.0 Å². The van der Waals surface area contributed by atoms with Crippen LogP contribution in [0.3, 0.4) is 0 Å². The molecule has 1 aliphatic carbocycles. The first-order chi connectivity index (χ1) is 10.9. The van der Waals surface area contributed by atoms with Crippen molar-refractivity contribution in [2.75, 3.05) is 19.8 Å². The van der Waals surface area contributed by atoms with Gasteiger partial charge in [-0.3, -0.25) is 9.59 Å². The summed E-state index contributed by atoms with van der Waals surface area (Å²) in [6, 6.07) is 5.08. The van der Waals surface area contributed by atoms with Crippen molar-refractivity contribution in [3.05, 3.63) is 38.7 Å². The van der Waals surface area contributed by atoms with Crippen LogP contribution in [0.4, 0.5) is 0 Å². The molecule has 0 aromatic heterocycles. The van der Waals surface area contributed by atoms with Crippen molar-refractivity contribution < 1.29 is 19.4 Å². The average Bonchev–Trinajstić information content (AvgIpc) is 2.46. The van der Waals surface area contributed by atoms with Gasteiger partial charge in [-0.2, -0.15) is 0 Å². The third-order valence-corrected chi connectivity index (χ3v) is 5.13. The molecule has 1 aromatic rings. The van der Waals surface area contributed by atoms with E-state index in [1.54, 1.807) is 25.1 Å². The normalized spacial score (nSPS) is 18.7. The first-order valence-electron chi connectivity index (χ1n) is 7.01. The Morgan fingerprint density at radius 2 is 1.91 bits per heavy atom. The molecular formula is C16H16Cl2O4S. The highest BCUT2D eigenvalue weighted by Gasteiger charge is 2.33. The molecule has 0 amide bonds. The number of carbonyl (C=O) groups excluding carboxylic acids is 2. The lowest BCUT2D eigenvalue weighted by Crippen LogP contribution is -2.30. The number of carbonyl (C=O) groups is 2. The summed E-state index contributed by atoms with van der Waals surface area (Å²) in [5.74, 6) is -0.861. The fourth-order valence-corrected chi connectivity index (χ4v) is 4.15. The van der Waals surface area contributed by atoms with E-state index in [1.807, 2.05) is 0 Å². The van der Waals surface area contributed by atoms with E-state index < -0.39 is 5.92 Å². The molecule has 1 atom stereocenters. The standard InChI is InChI=1S/C16H16Cl2O4S/c1-9-14(20)7-15(21)13(8-22-3-2-19)16(9)23-12-5-10(17)4-11(18)6-12/h4-6,13,19H,2-3,7-8H2,1H3. The van der Waals surface area contributed by atoms with Gasteiger partial charge in [0.1, 0.15) is 0 Å². The number of rotatable bonds is 6. The van der Waals surface area contributed by atoms with Gasteiger partial charge in [-0.25, -0.2) is 0 Å². The Morgan fingerprint density at radius 1 is 1.26 bits per heavy atom. The SMILES string of the molecule is CC1=C(Sc2cc(Cl)cc(Cl)c2)C(COCCO)C(=O)CC1=O. The molecule has 1 unspecified atom stereocenters. The summed E-state index contributed by atoms with van der Waals surface area (Å²) < 4.78 is 5.31. The number of thioether (sulfide) groups is 1. The van der Waals surface area contributed by atoms with Crippen LogP contribution in [0, 0.1) is 5.92 Å². The van der Waals surface area contributed by atoms with E-state index in [2.05, 4.69) is 0 Å². The fraction of sp³-hybridized carbons (Fsp3) is 0.375. The van der Waals surface area contributed by atoms with Gasteiger partial charge in [-0.05, 0) is 25.1 Å². The van der Waals surface area contributed by atoms with Gasteiger partial charge in [-0.15, -0.1) is 0 Å². The second kappa shape index (κ2) is 8.31. The van der Waals surface area contributed by atoms with Gasteiger partial charge in [-0.1, -0.05) is 35.0 Å². The number of ketones is 2. The minimum atomic E-state index is -0.512. The summed E-state index contributed by atoms with van der Waals surface area (Å²) in [5, 5.41) is 9.78. The fourth-order valence-electron chi connectivity index (χ4n) is 2.26. The second-order valence-electron chi connectivity index (χ2n) is 5.11. The predicted molar refractivity (Wildman–Crippen MR) is 91.0 cm³/mol. The van der Waals surface area contributed by atoms with E-state index in [1.165, 1.54) is 11.8 Å². The van der Waals surface area contributed by atoms with Gasteiger partial charge < -0.3 is 9.84 Å². The molecule has 1 aromatic carbocycles. The number of aliphatic hydroxyl groups is 1. The van der Waals surface area contributed by atoms with E-state index in [9.17, 15) is 9.59 Å². The Kier molecular flexibility index (Phi) is 6.68. The first kappa shape index (κ1) is 18.5. The minimum Gasteiger partial charge on any atom is -0.394 e. The molecule has 4 nitrogen and oxygen atoms in total. The van der Waals surface area contributed by atoms with Crippen molar-refractivity contribution in [3.8, 4) is 0 Å². The van der Waals surface area contributed by atoms with Crippen LogP contribution in [0.25, 0.3) is 0 Å². The number of halogens is 2. The highest BCUT2D eigenvalue weighted by Crippen LogP contribution is 2.40. The van der Waals surface area contributed by atoms with Crippen molar-refractivity contribution in [2.24, 2.45) is 5.92 Å². The molecule has 0 saturated carbocycles. The summed E-state index contributed by atoms with van der Waals surface area (Å²) in [6.07, 6.45) is -0.112. The van der Waals surface area contributed by atoms with Crippen molar-refractivity contribution in [3.63, 3.8) is 0 Å². The first-order valence-corrected chi connectivity index (χ1v) is 8.59. The van der Waals surface area contributed by atoms with E-state index >= 15 is 0 Å². The lowest BCUT2D eigenvalue weighted by molar-refractivity contribution is -0.129. The molecule has 0 spiro atoms. The van der Waals surface area contributed by atoms with Gasteiger partial charge in [0.2, 0.25) is 0 Å². The minimum absolute atomic E-state index is 0.112. The van der Waals surface area contributed by atoms with E-state index in [4.69, 9.17) is 33.0 Å². The van der Waals surface area contributed by atoms with Gasteiger partial charge in [0.15, 0.2) is 11.6 Å². The number of aliphatic hydroxyl groups excluding tert-OH is 1. The number of benzene rings is 1. The lowest BCUT2D eigenvalue weighted by Gasteiger charge is -2.25. The van der Waals surface area contributed by atoms with Gasteiger partial charge in [0.05, 0.1) is 32.2 Å². The van der Waals surface area contributed by atoms with E-state index in [0.29, 0.717) is 20.5 Å². The zero-order valence-corrected chi connectivity index (χ0v) is 14.8. The molecule has 0 aliphatic heterocycles. The molecule has 124 valence electrons. The van der Waals surface area contributed by atoms with E-state index in [-0.39, 0.29) is 37.8 Å². The molecule has 2 rings (SSSR count). The Balaban J connectivity index is 2.30. The summed E-state index contributed by atoms with van der Waals surface area (Å²) >= 11 is 13.3. The number of hydrogen-bond acceptors (Lipinski definition) is 5. The van der Waals surface area contributed by atoms with Gasteiger partial charge >= 0.3 is 0 Å². The third-order valence-electron chi connectivity index (χ3n) is 3.41. The molecule has 0 bridgehead atoms. The predicted octanol–water partition coefficient (Wildman–Crippen LogP) is 3.53. The summed E-state index contributed by atoms with van der Waals surface area (Å²) in [4.78, 5) is 25.6. The maximum Gasteiger partial charge on any atom is 0.166 e. The van der Waals surface area contributed by atoms with Crippen molar-refractivity contribution in [1.29, 1.82) is 0 Å². The number of hydrogen-bond donors (Lipinski definition) is 1. The highest BCUT2D eigenvalue weighted by molar-refractivity contribution is 8.03. The topological polar surface area (TPSA) is 63.6 Å². The number of allylic oxidation sites excluding steroid dienone is 1.